The molecule has 3 rings (SSSR count). The molecule has 0 atom stereocenters. The summed E-state index contributed by atoms with van der Waals surface area (Å²) < 4.78 is 5.32. The first-order valence-electron chi connectivity index (χ1n) is 7.21. The maximum atomic E-state index is 12.9. The van der Waals surface area contributed by atoms with E-state index in [1.807, 2.05) is 25.1 Å². The molecule has 0 bridgehead atoms. The van der Waals surface area contributed by atoms with E-state index in [2.05, 4.69) is 0 Å². The Morgan fingerprint density at radius 3 is 2.81 bits per heavy atom. The third-order valence-electron chi connectivity index (χ3n) is 4.10. The van der Waals surface area contributed by atoms with Crippen LogP contribution in [0.4, 0.5) is 5.00 Å². The Labute approximate surface area is 128 Å². The topological polar surface area (TPSA) is 52.3 Å². The summed E-state index contributed by atoms with van der Waals surface area (Å²) in [6.45, 7) is 1.97. The lowest BCUT2D eigenvalue weighted by atomic mass is 9.91. The van der Waals surface area contributed by atoms with Crippen molar-refractivity contribution in [2.45, 2.75) is 32.6 Å². The summed E-state index contributed by atoms with van der Waals surface area (Å²) in [6, 6.07) is 5.58. The number of hydrogen-bond acceptors (Lipinski definition) is 4. The van der Waals surface area contributed by atoms with Gasteiger partial charge in [-0.05, 0) is 49.8 Å². The van der Waals surface area contributed by atoms with Gasteiger partial charge in [-0.15, -0.1) is 11.3 Å². The average Bonchev–Trinajstić information content (AvgIpc) is 2.82. The van der Waals surface area contributed by atoms with Gasteiger partial charge in [-0.3, -0.25) is 4.79 Å². The van der Waals surface area contributed by atoms with Crippen molar-refractivity contribution in [3.8, 4) is 5.75 Å². The number of methoxy groups -OCH3 is 1. The molecule has 0 radical (unpaired) electrons. The van der Waals surface area contributed by atoms with E-state index in [0.717, 1.165) is 36.1 Å². The number of ketones is 1. The van der Waals surface area contributed by atoms with Crippen molar-refractivity contribution in [3.05, 3.63) is 45.3 Å². The molecule has 0 amide bonds. The SMILES string of the molecule is COc1cc(C(=O)c2c(N)sc3c2CCCC3)ccc1C. The molecule has 3 nitrogen and oxygen atoms in total. The second-order valence-electron chi connectivity index (χ2n) is 5.46. The van der Waals surface area contributed by atoms with Gasteiger partial charge in [0.25, 0.3) is 0 Å². The fraction of sp³-hybridized carbons (Fsp3) is 0.353. The van der Waals surface area contributed by atoms with E-state index in [-0.39, 0.29) is 5.78 Å². The second kappa shape index (κ2) is 5.53. The van der Waals surface area contributed by atoms with Crippen molar-refractivity contribution in [1.29, 1.82) is 0 Å². The van der Waals surface area contributed by atoms with Crippen molar-refractivity contribution in [1.82, 2.24) is 0 Å². The Balaban J connectivity index is 2.05. The van der Waals surface area contributed by atoms with Crippen LogP contribution in [0.3, 0.4) is 0 Å². The maximum absolute atomic E-state index is 12.9. The summed E-state index contributed by atoms with van der Waals surface area (Å²) in [5.41, 5.74) is 9.69. The highest BCUT2D eigenvalue weighted by Crippen LogP contribution is 2.37. The molecule has 0 saturated carbocycles. The van der Waals surface area contributed by atoms with Gasteiger partial charge in [-0.2, -0.15) is 0 Å². The minimum atomic E-state index is 0.0187. The Morgan fingerprint density at radius 2 is 2.05 bits per heavy atom. The van der Waals surface area contributed by atoms with Gasteiger partial charge in [0, 0.05) is 10.4 Å². The van der Waals surface area contributed by atoms with Gasteiger partial charge in [-0.25, -0.2) is 0 Å². The van der Waals surface area contributed by atoms with Crippen LogP contribution in [0.15, 0.2) is 18.2 Å². The molecule has 0 unspecified atom stereocenters. The monoisotopic (exact) mass is 301 g/mol. The van der Waals surface area contributed by atoms with E-state index in [9.17, 15) is 4.79 Å². The molecule has 2 N–H and O–H groups in total. The number of nitrogens with two attached hydrogens (primary N) is 1. The largest absolute Gasteiger partial charge is 0.496 e. The summed E-state index contributed by atoms with van der Waals surface area (Å²) in [5, 5.41) is 0.659. The van der Waals surface area contributed by atoms with E-state index in [1.165, 1.54) is 16.9 Å². The molecule has 21 heavy (non-hydrogen) atoms. The average molecular weight is 301 g/mol. The third-order valence-corrected chi connectivity index (χ3v) is 5.22. The van der Waals surface area contributed by atoms with Crippen LogP contribution in [0.5, 0.6) is 5.75 Å². The number of nitrogen functional groups attached to an aromatic ring is 1. The highest BCUT2D eigenvalue weighted by molar-refractivity contribution is 7.16. The molecule has 4 heteroatoms. The molecule has 0 saturated heterocycles. The van der Waals surface area contributed by atoms with Crippen LogP contribution in [0.2, 0.25) is 0 Å². The first-order valence-corrected chi connectivity index (χ1v) is 8.03. The van der Waals surface area contributed by atoms with Crippen LogP contribution in [0, 0.1) is 6.92 Å². The van der Waals surface area contributed by atoms with Crippen LogP contribution < -0.4 is 10.5 Å². The predicted octanol–water partition coefficient (Wildman–Crippen LogP) is 3.76. The standard InChI is InChI=1S/C17H19NO2S/c1-10-7-8-11(9-13(10)20-2)16(19)15-12-5-3-4-6-14(12)21-17(15)18/h7-9H,3-6,18H2,1-2H3. The van der Waals surface area contributed by atoms with E-state index in [1.54, 1.807) is 18.4 Å². The molecule has 1 heterocycles. The first-order chi connectivity index (χ1) is 10.1. The number of ether oxygens (including phenoxy) is 1. The Kier molecular flexibility index (Phi) is 3.72. The number of aryl methyl sites for hydroxylation is 2. The molecule has 110 valence electrons. The molecule has 1 aromatic carbocycles. The van der Waals surface area contributed by atoms with Crippen molar-refractivity contribution in [2.24, 2.45) is 0 Å². The smallest absolute Gasteiger partial charge is 0.196 e. The van der Waals surface area contributed by atoms with E-state index >= 15 is 0 Å². The van der Waals surface area contributed by atoms with E-state index in [4.69, 9.17) is 10.5 Å². The quantitative estimate of drug-likeness (QED) is 0.878. The number of fused-ring (bicyclic) bond motifs is 1. The molecule has 0 fully saturated rings. The minimum absolute atomic E-state index is 0.0187. The summed E-state index contributed by atoms with van der Waals surface area (Å²) >= 11 is 1.58. The Hall–Kier alpha value is -1.81. The lowest BCUT2D eigenvalue weighted by Crippen LogP contribution is -2.09. The lowest BCUT2D eigenvalue weighted by molar-refractivity contribution is 0.103. The normalized spacial score (nSPS) is 13.8. The zero-order valence-electron chi connectivity index (χ0n) is 12.4. The summed E-state index contributed by atoms with van der Waals surface area (Å²) in [5.74, 6) is 0.758. The first kappa shape index (κ1) is 14.1. The van der Waals surface area contributed by atoms with E-state index < -0.39 is 0 Å². The zero-order valence-corrected chi connectivity index (χ0v) is 13.2. The van der Waals surface area contributed by atoms with Crippen LogP contribution in [0.25, 0.3) is 0 Å². The number of carbonyl (C=O) groups excluding carboxylic acids is 1. The number of rotatable bonds is 3. The number of benzene rings is 1. The fourth-order valence-electron chi connectivity index (χ4n) is 2.94. The molecular weight excluding hydrogens is 282 g/mol. The van der Waals surface area contributed by atoms with Gasteiger partial charge >= 0.3 is 0 Å². The molecule has 1 aliphatic rings. The van der Waals surface area contributed by atoms with Gasteiger partial charge in [0.05, 0.1) is 17.7 Å². The summed E-state index contributed by atoms with van der Waals surface area (Å²) in [7, 11) is 1.62. The Morgan fingerprint density at radius 1 is 1.29 bits per heavy atom. The Bertz CT molecular complexity index is 703. The van der Waals surface area contributed by atoms with E-state index in [0.29, 0.717) is 10.6 Å². The van der Waals surface area contributed by atoms with Gasteiger partial charge in [-0.1, -0.05) is 12.1 Å². The molecule has 1 aromatic heterocycles. The van der Waals surface area contributed by atoms with Gasteiger partial charge in [0.2, 0.25) is 0 Å². The maximum Gasteiger partial charge on any atom is 0.196 e. The number of anilines is 1. The molecule has 1 aliphatic carbocycles. The van der Waals surface area contributed by atoms with Crippen molar-refractivity contribution in [3.63, 3.8) is 0 Å². The summed E-state index contributed by atoms with van der Waals surface area (Å²) in [4.78, 5) is 14.1. The van der Waals surface area contributed by atoms with Crippen molar-refractivity contribution < 1.29 is 9.53 Å². The number of carbonyl (C=O) groups is 1. The third kappa shape index (κ3) is 2.44. The molecular formula is C17H19NO2S. The molecule has 0 spiro atoms. The van der Waals surface area contributed by atoms with Gasteiger partial charge in [0.1, 0.15) is 5.75 Å². The lowest BCUT2D eigenvalue weighted by Gasteiger charge is -2.13. The fourth-order valence-corrected chi connectivity index (χ4v) is 4.10. The highest BCUT2D eigenvalue weighted by atomic mass is 32.1. The minimum Gasteiger partial charge on any atom is -0.496 e. The van der Waals surface area contributed by atoms with Crippen LogP contribution in [-0.4, -0.2) is 12.9 Å². The summed E-state index contributed by atoms with van der Waals surface area (Å²) in [6.07, 6.45) is 4.35. The van der Waals surface area contributed by atoms with Crippen LogP contribution in [-0.2, 0) is 12.8 Å². The molecule has 2 aromatic rings. The van der Waals surface area contributed by atoms with Gasteiger partial charge < -0.3 is 10.5 Å². The highest BCUT2D eigenvalue weighted by Gasteiger charge is 2.25. The number of thiophene rings is 1. The van der Waals surface area contributed by atoms with Crippen LogP contribution in [0.1, 0.15) is 44.8 Å². The second-order valence-corrected chi connectivity index (χ2v) is 6.60. The zero-order chi connectivity index (χ0) is 15.0. The van der Waals surface area contributed by atoms with Crippen molar-refractivity contribution >= 4 is 22.1 Å². The van der Waals surface area contributed by atoms with Crippen LogP contribution >= 0.6 is 11.3 Å². The molecule has 0 aliphatic heterocycles. The predicted molar refractivity (Wildman–Crippen MR) is 86.5 cm³/mol. The van der Waals surface area contributed by atoms with Crippen molar-refractivity contribution in [2.75, 3.05) is 12.8 Å². The number of hydrogen-bond donors (Lipinski definition) is 1. The van der Waals surface area contributed by atoms with Gasteiger partial charge in [0.15, 0.2) is 5.78 Å².